The van der Waals surface area contributed by atoms with E-state index in [1.54, 1.807) is 12.1 Å². The van der Waals surface area contributed by atoms with Crippen molar-refractivity contribution in [2.24, 2.45) is 0 Å². The zero-order valence-corrected chi connectivity index (χ0v) is 14.7. The number of nitrogens with one attached hydrogen (secondary N) is 1. The van der Waals surface area contributed by atoms with Gasteiger partial charge >= 0.3 is 12.1 Å². The molecule has 0 saturated carbocycles. The van der Waals surface area contributed by atoms with Gasteiger partial charge in [0, 0.05) is 11.9 Å². The second-order valence-electron chi connectivity index (χ2n) is 6.08. The molecule has 1 heterocycles. The summed E-state index contributed by atoms with van der Waals surface area (Å²) in [6.45, 7) is 0.836. The number of esters is 1. The van der Waals surface area contributed by atoms with E-state index in [-0.39, 0.29) is 0 Å². The Hall–Kier alpha value is -3.36. The van der Waals surface area contributed by atoms with Crippen LogP contribution in [0.4, 0.5) is 18.9 Å². The fraction of sp³-hybridized carbons (Fsp3) is 0.211. The lowest BCUT2D eigenvalue weighted by molar-refractivity contribution is -0.154. The summed E-state index contributed by atoms with van der Waals surface area (Å²) in [6, 6.07) is 13.7. The third-order valence-electron chi connectivity index (χ3n) is 3.92. The molecule has 0 aliphatic carbocycles. The first-order valence-corrected chi connectivity index (χ1v) is 8.32. The predicted molar refractivity (Wildman–Crippen MR) is 95.4 cm³/mol. The Morgan fingerprint density at radius 2 is 1.86 bits per heavy atom. The number of aromatic nitrogens is 2. The van der Waals surface area contributed by atoms with Gasteiger partial charge in [-0.05, 0) is 35.9 Å². The van der Waals surface area contributed by atoms with Gasteiger partial charge in [0.25, 0.3) is 5.91 Å². The van der Waals surface area contributed by atoms with Gasteiger partial charge in [-0.15, -0.1) is 0 Å². The van der Waals surface area contributed by atoms with Crippen LogP contribution in [0.3, 0.4) is 0 Å². The van der Waals surface area contributed by atoms with Gasteiger partial charge < -0.3 is 10.1 Å². The molecule has 1 atom stereocenters. The summed E-state index contributed by atoms with van der Waals surface area (Å²) in [6.07, 6.45) is -4.71. The van der Waals surface area contributed by atoms with Gasteiger partial charge in [-0.2, -0.15) is 18.3 Å². The highest BCUT2D eigenvalue weighted by Crippen LogP contribution is 2.27. The zero-order valence-electron chi connectivity index (χ0n) is 14.7. The summed E-state index contributed by atoms with van der Waals surface area (Å²) in [5.74, 6) is -1.43. The van der Waals surface area contributed by atoms with E-state index in [2.05, 4.69) is 10.4 Å². The number of hydrogen-bond donors (Lipinski definition) is 1. The number of hydrogen-bond acceptors (Lipinski definition) is 4. The molecule has 1 N–H and O–H groups in total. The van der Waals surface area contributed by atoms with Crippen LogP contribution in [0, 0.1) is 0 Å². The molecule has 2 aromatic carbocycles. The summed E-state index contributed by atoms with van der Waals surface area (Å²) in [4.78, 5) is 24.1. The Bertz CT molecular complexity index is 1010. The van der Waals surface area contributed by atoms with Crippen LogP contribution in [0.25, 0.3) is 10.8 Å². The molecule has 0 aliphatic rings. The average molecular weight is 391 g/mol. The normalized spacial score (nSPS) is 12.6. The van der Waals surface area contributed by atoms with Gasteiger partial charge in [-0.25, -0.2) is 0 Å². The van der Waals surface area contributed by atoms with E-state index < -0.39 is 36.4 Å². The first-order chi connectivity index (χ1) is 13.2. The monoisotopic (exact) mass is 391 g/mol. The van der Waals surface area contributed by atoms with E-state index >= 15 is 0 Å². The van der Waals surface area contributed by atoms with Crippen molar-refractivity contribution >= 4 is 28.3 Å². The van der Waals surface area contributed by atoms with E-state index in [9.17, 15) is 22.8 Å². The van der Waals surface area contributed by atoms with Crippen LogP contribution in [-0.2, 0) is 27.0 Å². The van der Waals surface area contributed by atoms with E-state index in [4.69, 9.17) is 4.74 Å². The molecule has 1 amide bonds. The Morgan fingerprint density at radius 3 is 2.54 bits per heavy atom. The minimum atomic E-state index is -4.60. The van der Waals surface area contributed by atoms with Crippen molar-refractivity contribution in [2.45, 2.75) is 25.7 Å². The maximum Gasteiger partial charge on any atom is 0.435 e. The van der Waals surface area contributed by atoms with Crippen LogP contribution >= 0.6 is 0 Å². The fourth-order valence-electron chi connectivity index (χ4n) is 2.53. The van der Waals surface area contributed by atoms with Crippen molar-refractivity contribution in [2.75, 3.05) is 5.32 Å². The van der Waals surface area contributed by atoms with Gasteiger partial charge in [0.05, 0.1) is 0 Å². The number of nitrogens with zero attached hydrogens (tertiary/aromatic N) is 2. The number of alkyl halides is 3. The predicted octanol–water partition coefficient (Wildman–Crippen LogP) is 3.63. The SMILES string of the molecule is CC(OC(=O)Cn1ccc(C(F)(F)F)n1)C(=O)Nc1ccc2ccccc2c1. The molecule has 0 bridgehead atoms. The standard InChI is InChI=1S/C19H16F3N3O3/c1-12(28-17(26)11-25-9-8-16(24-25)19(20,21)22)18(27)23-15-7-6-13-4-2-3-5-14(13)10-15/h2-10,12H,11H2,1H3,(H,23,27). The lowest BCUT2D eigenvalue weighted by Gasteiger charge is -2.14. The van der Waals surface area contributed by atoms with Crippen LogP contribution in [0.15, 0.2) is 54.7 Å². The Labute approximate surface area is 157 Å². The lowest BCUT2D eigenvalue weighted by Crippen LogP contribution is -2.31. The topological polar surface area (TPSA) is 73.2 Å². The van der Waals surface area contributed by atoms with Gasteiger partial charge in [0.15, 0.2) is 11.8 Å². The zero-order chi connectivity index (χ0) is 20.3. The molecular formula is C19H16F3N3O3. The number of halogens is 3. The number of carbonyl (C=O) groups is 2. The Balaban J connectivity index is 1.57. The lowest BCUT2D eigenvalue weighted by atomic mass is 10.1. The summed E-state index contributed by atoms with van der Waals surface area (Å²) < 4.78 is 43.3. The van der Waals surface area contributed by atoms with Crippen LogP contribution in [0.1, 0.15) is 12.6 Å². The largest absolute Gasteiger partial charge is 0.451 e. The minimum absolute atomic E-state index is 0.536. The number of rotatable bonds is 5. The minimum Gasteiger partial charge on any atom is -0.451 e. The van der Waals surface area contributed by atoms with Crippen molar-refractivity contribution < 1.29 is 27.5 Å². The highest BCUT2D eigenvalue weighted by Gasteiger charge is 2.33. The number of amides is 1. The Kier molecular flexibility index (Phi) is 5.34. The third-order valence-corrected chi connectivity index (χ3v) is 3.92. The van der Waals surface area contributed by atoms with Crippen molar-refractivity contribution in [3.63, 3.8) is 0 Å². The molecule has 0 radical (unpaired) electrons. The highest BCUT2D eigenvalue weighted by atomic mass is 19.4. The molecular weight excluding hydrogens is 375 g/mol. The Morgan fingerprint density at radius 1 is 1.14 bits per heavy atom. The summed E-state index contributed by atoms with van der Waals surface area (Å²) in [5.41, 5.74) is -0.573. The summed E-state index contributed by atoms with van der Waals surface area (Å²) >= 11 is 0. The molecule has 3 rings (SSSR count). The average Bonchev–Trinajstić information content (AvgIpc) is 3.10. The molecule has 3 aromatic rings. The third kappa shape index (κ3) is 4.67. The molecule has 0 fully saturated rings. The molecule has 146 valence electrons. The van der Waals surface area contributed by atoms with Crippen molar-refractivity contribution in [1.29, 1.82) is 0 Å². The fourth-order valence-corrected chi connectivity index (χ4v) is 2.53. The molecule has 0 spiro atoms. The second kappa shape index (κ2) is 7.71. The van der Waals surface area contributed by atoms with E-state index in [0.29, 0.717) is 5.69 Å². The van der Waals surface area contributed by atoms with Gasteiger partial charge in [-0.3, -0.25) is 14.3 Å². The van der Waals surface area contributed by atoms with Crippen LogP contribution < -0.4 is 5.32 Å². The molecule has 0 aliphatic heterocycles. The quantitative estimate of drug-likeness (QED) is 0.674. The number of ether oxygens (including phenoxy) is 1. The van der Waals surface area contributed by atoms with Crippen LogP contribution in [0.2, 0.25) is 0 Å². The van der Waals surface area contributed by atoms with Crippen LogP contribution in [0.5, 0.6) is 0 Å². The maximum atomic E-state index is 12.5. The molecule has 1 unspecified atom stereocenters. The van der Waals surface area contributed by atoms with E-state index in [1.807, 2.05) is 30.3 Å². The maximum absolute atomic E-state index is 12.5. The number of fused-ring (bicyclic) bond motifs is 1. The molecule has 0 saturated heterocycles. The van der Waals surface area contributed by atoms with E-state index in [1.165, 1.54) is 6.92 Å². The second-order valence-corrected chi connectivity index (χ2v) is 6.08. The van der Waals surface area contributed by atoms with Crippen molar-refractivity contribution in [3.8, 4) is 0 Å². The molecule has 28 heavy (non-hydrogen) atoms. The first kappa shape index (κ1) is 19.4. The van der Waals surface area contributed by atoms with Gasteiger partial charge in [-0.1, -0.05) is 30.3 Å². The van der Waals surface area contributed by atoms with Gasteiger partial charge in [0.2, 0.25) is 0 Å². The van der Waals surface area contributed by atoms with Crippen molar-refractivity contribution in [3.05, 3.63) is 60.4 Å². The smallest absolute Gasteiger partial charge is 0.435 e. The van der Waals surface area contributed by atoms with Crippen LogP contribution in [-0.4, -0.2) is 27.8 Å². The van der Waals surface area contributed by atoms with Gasteiger partial charge in [0.1, 0.15) is 6.54 Å². The van der Waals surface area contributed by atoms with Crippen molar-refractivity contribution in [1.82, 2.24) is 9.78 Å². The first-order valence-electron chi connectivity index (χ1n) is 8.32. The summed E-state index contributed by atoms with van der Waals surface area (Å²) in [5, 5.41) is 7.85. The number of anilines is 1. The summed E-state index contributed by atoms with van der Waals surface area (Å²) in [7, 11) is 0. The number of carbonyl (C=O) groups excluding carboxylic acids is 2. The molecule has 6 nitrogen and oxygen atoms in total. The molecule has 1 aromatic heterocycles. The molecule has 9 heteroatoms. The van der Waals surface area contributed by atoms with E-state index in [0.717, 1.165) is 27.7 Å². The number of benzene rings is 2. The highest BCUT2D eigenvalue weighted by molar-refractivity contribution is 5.97.